The van der Waals surface area contributed by atoms with E-state index in [0.717, 1.165) is 25.9 Å². The summed E-state index contributed by atoms with van der Waals surface area (Å²) in [6.45, 7) is 7.04. The number of rotatable bonds is 6. The zero-order valence-corrected chi connectivity index (χ0v) is 12.3. The quantitative estimate of drug-likeness (QED) is 0.786. The first-order valence-corrected chi connectivity index (χ1v) is 8.31. The van der Waals surface area contributed by atoms with E-state index in [2.05, 4.69) is 4.72 Å². The van der Waals surface area contributed by atoms with Crippen molar-refractivity contribution in [2.45, 2.75) is 46.1 Å². The molecule has 0 radical (unpaired) electrons. The van der Waals surface area contributed by atoms with Gasteiger partial charge in [-0.1, -0.05) is 20.8 Å². The molecule has 0 aromatic heterocycles. The van der Waals surface area contributed by atoms with Gasteiger partial charge >= 0.3 is 0 Å². The summed E-state index contributed by atoms with van der Waals surface area (Å²) in [7, 11) is -3.35. The zero-order valence-electron chi connectivity index (χ0n) is 11.5. The smallest absolute Gasteiger partial charge is 0.241 e. The topological polar surface area (TPSA) is 66.5 Å². The van der Waals surface area contributed by atoms with E-state index in [1.807, 2.05) is 20.8 Å². The second-order valence-electron chi connectivity index (χ2n) is 5.19. The number of amides is 1. The third-order valence-corrected chi connectivity index (χ3v) is 4.69. The Bertz CT molecular complexity index is 373. The van der Waals surface area contributed by atoms with E-state index in [1.54, 1.807) is 4.90 Å². The van der Waals surface area contributed by atoms with Crippen molar-refractivity contribution in [1.82, 2.24) is 9.62 Å². The Hall–Kier alpha value is -0.620. The summed E-state index contributed by atoms with van der Waals surface area (Å²) in [6.07, 6.45) is 2.58. The molecular weight excluding hydrogens is 252 g/mol. The molecule has 0 aromatic carbocycles. The summed E-state index contributed by atoms with van der Waals surface area (Å²) in [4.78, 5) is 14.0. The second kappa shape index (κ2) is 6.52. The van der Waals surface area contributed by atoms with Crippen molar-refractivity contribution < 1.29 is 13.2 Å². The van der Waals surface area contributed by atoms with E-state index in [1.165, 1.54) is 0 Å². The van der Waals surface area contributed by atoms with Crippen LogP contribution in [0.25, 0.3) is 0 Å². The summed E-state index contributed by atoms with van der Waals surface area (Å²) < 4.78 is 26.1. The Labute approximate surface area is 110 Å². The van der Waals surface area contributed by atoms with Crippen LogP contribution in [0, 0.1) is 5.92 Å². The van der Waals surface area contributed by atoms with Crippen LogP contribution in [0.3, 0.4) is 0 Å². The van der Waals surface area contributed by atoms with Crippen LogP contribution in [-0.4, -0.2) is 44.1 Å². The minimum Gasteiger partial charge on any atom is -0.341 e. The van der Waals surface area contributed by atoms with Crippen LogP contribution in [0.4, 0.5) is 0 Å². The van der Waals surface area contributed by atoms with E-state index in [0.29, 0.717) is 6.42 Å². The van der Waals surface area contributed by atoms with Gasteiger partial charge in [-0.25, -0.2) is 13.1 Å². The maximum Gasteiger partial charge on any atom is 0.241 e. The normalized spacial score (nSPS) is 18.3. The van der Waals surface area contributed by atoms with Crippen molar-refractivity contribution in [2.24, 2.45) is 5.92 Å². The highest BCUT2D eigenvalue weighted by atomic mass is 32.2. The molecule has 0 aliphatic carbocycles. The van der Waals surface area contributed by atoms with Gasteiger partial charge < -0.3 is 4.90 Å². The molecule has 1 rings (SSSR count). The van der Waals surface area contributed by atoms with Gasteiger partial charge in [-0.05, 0) is 25.2 Å². The second-order valence-corrected chi connectivity index (χ2v) is 7.06. The molecule has 5 nitrogen and oxygen atoms in total. The van der Waals surface area contributed by atoms with E-state index in [4.69, 9.17) is 0 Å². The third kappa shape index (κ3) is 4.24. The summed E-state index contributed by atoms with van der Waals surface area (Å²) >= 11 is 0. The number of nitrogens with one attached hydrogen (secondary N) is 1. The van der Waals surface area contributed by atoms with Crippen LogP contribution < -0.4 is 4.72 Å². The molecule has 6 heteroatoms. The van der Waals surface area contributed by atoms with Gasteiger partial charge in [0.05, 0.1) is 5.75 Å². The first kappa shape index (κ1) is 15.4. The molecule has 1 aliphatic rings. The van der Waals surface area contributed by atoms with Crippen LogP contribution in [0.15, 0.2) is 0 Å². The molecule has 1 saturated heterocycles. The molecule has 106 valence electrons. The molecule has 1 atom stereocenters. The van der Waals surface area contributed by atoms with Gasteiger partial charge in [0.25, 0.3) is 0 Å². The van der Waals surface area contributed by atoms with E-state index >= 15 is 0 Å². The summed E-state index contributed by atoms with van der Waals surface area (Å²) in [5.41, 5.74) is 0. The Balaban J connectivity index is 2.73. The fourth-order valence-electron chi connectivity index (χ4n) is 2.13. The lowest BCUT2D eigenvalue weighted by Crippen LogP contribution is -2.50. The molecule has 1 fully saturated rings. The number of hydrogen-bond acceptors (Lipinski definition) is 3. The zero-order chi connectivity index (χ0) is 13.8. The van der Waals surface area contributed by atoms with Gasteiger partial charge in [-0.3, -0.25) is 4.79 Å². The van der Waals surface area contributed by atoms with Crippen molar-refractivity contribution in [3.63, 3.8) is 0 Å². The minimum absolute atomic E-state index is 0.0373. The van der Waals surface area contributed by atoms with Crippen molar-refractivity contribution in [3.8, 4) is 0 Å². The summed E-state index contributed by atoms with van der Waals surface area (Å²) in [5, 5.41) is 0. The fourth-order valence-corrected chi connectivity index (χ4v) is 3.54. The summed E-state index contributed by atoms with van der Waals surface area (Å²) in [6, 6.07) is -0.625. The first-order valence-electron chi connectivity index (χ1n) is 6.66. The highest BCUT2D eigenvalue weighted by molar-refractivity contribution is 7.89. The Morgan fingerprint density at radius 2 is 1.83 bits per heavy atom. The van der Waals surface area contributed by atoms with Crippen molar-refractivity contribution in [3.05, 3.63) is 0 Å². The van der Waals surface area contributed by atoms with Crippen LogP contribution in [0.2, 0.25) is 0 Å². The highest BCUT2D eigenvalue weighted by Crippen LogP contribution is 2.14. The third-order valence-electron chi connectivity index (χ3n) is 3.13. The monoisotopic (exact) mass is 276 g/mol. The largest absolute Gasteiger partial charge is 0.341 e. The number of carbonyl (C=O) groups excluding carboxylic acids is 1. The standard InChI is InChI=1S/C12H24N2O3S/c1-4-9-18(16,17)13-11(10(2)3)12(15)14-7-5-6-8-14/h10-11,13H,4-9H2,1-3H3/t11-/m1/s1. The molecule has 0 saturated carbocycles. The molecule has 0 spiro atoms. The van der Waals surface area contributed by atoms with Crippen LogP contribution >= 0.6 is 0 Å². The van der Waals surface area contributed by atoms with E-state index in [9.17, 15) is 13.2 Å². The molecule has 1 amide bonds. The van der Waals surface area contributed by atoms with Gasteiger partial charge in [-0.15, -0.1) is 0 Å². The molecule has 0 bridgehead atoms. The molecule has 0 aromatic rings. The molecule has 1 aliphatic heterocycles. The number of nitrogens with zero attached hydrogens (tertiary/aromatic N) is 1. The lowest BCUT2D eigenvalue weighted by atomic mass is 10.0. The van der Waals surface area contributed by atoms with Crippen molar-refractivity contribution in [1.29, 1.82) is 0 Å². The van der Waals surface area contributed by atoms with Crippen LogP contribution in [0.5, 0.6) is 0 Å². The number of hydrogen-bond donors (Lipinski definition) is 1. The molecular formula is C12H24N2O3S. The predicted octanol–water partition coefficient (Wildman–Crippen LogP) is 0.963. The Kier molecular flexibility index (Phi) is 5.59. The maximum atomic E-state index is 12.3. The first-order chi connectivity index (χ1) is 8.37. The van der Waals surface area contributed by atoms with Gasteiger partial charge in [0.15, 0.2) is 0 Å². The Morgan fingerprint density at radius 3 is 2.28 bits per heavy atom. The van der Waals surface area contributed by atoms with Crippen LogP contribution in [-0.2, 0) is 14.8 Å². The molecule has 18 heavy (non-hydrogen) atoms. The van der Waals surface area contributed by atoms with Gasteiger partial charge in [-0.2, -0.15) is 0 Å². The average molecular weight is 276 g/mol. The lowest BCUT2D eigenvalue weighted by Gasteiger charge is -2.26. The number of carbonyl (C=O) groups is 1. The van der Waals surface area contributed by atoms with E-state index < -0.39 is 16.1 Å². The van der Waals surface area contributed by atoms with E-state index in [-0.39, 0.29) is 17.6 Å². The molecule has 0 unspecified atom stereocenters. The fraction of sp³-hybridized carbons (Fsp3) is 0.917. The van der Waals surface area contributed by atoms with Crippen molar-refractivity contribution in [2.75, 3.05) is 18.8 Å². The lowest BCUT2D eigenvalue weighted by molar-refractivity contribution is -0.132. The molecule has 1 N–H and O–H groups in total. The maximum absolute atomic E-state index is 12.3. The molecule has 1 heterocycles. The van der Waals surface area contributed by atoms with Crippen LogP contribution in [0.1, 0.15) is 40.0 Å². The van der Waals surface area contributed by atoms with Gasteiger partial charge in [0.2, 0.25) is 15.9 Å². The SMILES string of the molecule is CCCS(=O)(=O)N[C@@H](C(=O)N1CCCC1)C(C)C. The number of sulfonamides is 1. The van der Waals surface area contributed by atoms with Gasteiger partial charge in [0.1, 0.15) is 6.04 Å². The highest BCUT2D eigenvalue weighted by Gasteiger charge is 2.31. The van der Waals surface area contributed by atoms with Gasteiger partial charge in [0, 0.05) is 13.1 Å². The Morgan fingerprint density at radius 1 is 1.28 bits per heavy atom. The summed E-state index contributed by atoms with van der Waals surface area (Å²) in [5.74, 6) is -0.0457. The minimum atomic E-state index is -3.35. The van der Waals surface area contributed by atoms with Crippen molar-refractivity contribution >= 4 is 15.9 Å². The average Bonchev–Trinajstić information content (AvgIpc) is 2.78. The number of likely N-dealkylation sites (tertiary alicyclic amines) is 1. The predicted molar refractivity (Wildman–Crippen MR) is 71.7 cm³/mol.